The van der Waals surface area contributed by atoms with Gasteiger partial charge in [-0.1, -0.05) is 6.42 Å². The zero-order chi connectivity index (χ0) is 17.6. The lowest BCUT2D eigenvalue weighted by Crippen LogP contribution is -2.51. The van der Waals surface area contributed by atoms with Gasteiger partial charge in [-0.2, -0.15) is 0 Å². The van der Waals surface area contributed by atoms with E-state index in [1.165, 1.54) is 52.1 Å². The summed E-state index contributed by atoms with van der Waals surface area (Å²) in [4.78, 5) is 30.7. The zero-order valence-electron chi connectivity index (χ0n) is 14.7. The molecule has 2 amide bonds. The summed E-state index contributed by atoms with van der Waals surface area (Å²) >= 11 is 0. The van der Waals surface area contributed by atoms with E-state index in [4.69, 9.17) is 4.74 Å². The molecule has 2 aliphatic heterocycles. The standard InChI is InChI=1S/C18H26N4O3/c1-25-16-8-7-14(12-19-16)21-18(24)17(23)20-11-13-5-4-10-22-9-3-2-6-15(13)22/h7-8,12-13,15H,2-6,9-11H2,1H3,(H,20,23)(H,21,24)/t13-,15-/m0/s1. The highest BCUT2D eigenvalue weighted by molar-refractivity contribution is 6.39. The van der Waals surface area contributed by atoms with Gasteiger partial charge in [0.15, 0.2) is 0 Å². The third kappa shape index (κ3) is 4.48. The topological polar surface area (TPSA) is 83.6 Å². The lowest BCUT2D eigenvalue weighted by molar-refractivity contribution is -0.136. The van der Waals surface area contributed by atoms with Crippen LogP contribution >= 0.6 is 0 Å². The number of methoxy groups -OCH3 is 1. The van der Waals surface area contributed by atoms with Crippen LogP contribution in [0.25, 0.3) is 0 Å². The number of nitrogens with zero attached hydrogens (tertiary/aromatic N) is 2. The van der Waals surface area contributed by atoms with E-state index in [0.29, 0.717) is 30.1 Å². The van der Waals surface area contributed by atoms with E-state index in [2.05, 4.69) is 20.5 Å². The van der Waals surface area contributed by atoms with Crippen molar-refractivity contribution in [1.82, 2.24) is 15.2 Å². The Morgan fingerprint density at radius 3 is 2.80 bits per heavy atom. The maximum atomic E-state index is 12.1. The van der Waals surface area contributed by atoms with Gasteiger partial charge in [0, 0.05) is 18.7 Å². The van der Waals surface area contributed by atoms with E-state index in [1.807, 2.05) is 0 Å². The van der Waals surface area contributed by atoms with Gasteiger partial charge >= 0.3 is 11.8 Å². The van der Waals surface area contributed by atoms with Crippen LogP contribution in [0.5, 0.6) is 5.88 Å². The lowest BCUT2D eigenvalue weighted by atomic mass is 9.83. The Balaban J connectivity index is 1.48. The van der Waals surface area contributed by atoms with Crippen molar-refractivity contribution < 1.29 is 14.3 Å². The molecule has 2 saturated heterocycles. The second-order valence-corrected chi connectivity index (χ2v) is 6.75. The minimum absolute atomic E-state index is 0.438. The van der Waals surface area contributed by atoms with Gasteiger partial charge in [0.05, 0.1) is 19.0 Å². The number of nitrogens with one attached hydrogen (secondary N) is 2. The fourth-order valence-electron chi connectivity index (χ4n) is 3.88. The van der Waals surface area contributed by atoms with Gasteiger partial charge in [0.2, 0.25) is 5.88 Å². The Bertz CT molecular complexity index is 603. The number of hydrogen-bond acceptors (Lipinski definition) is 5. The molecule has 7 nitrogen and oxygen atoms in total. The number of aromatic nitrogens is 1. The first-order chi connectivity index (χ1) is 12.2. The molecule has 0 unspecified atom stereocenters. The van der Waals surface area contributed by atoms with Gasteiger partial charge in [-0.3, -0.25) is 9.59 Å². The average Bonchev–Trinajstić information content (AvgIpc) is 2.66. The molecule has 2 fully saturated rings. The van der Waals surface area contributed by atoms with Crippen molar-refractivity contribution in [1.29, 1.82) is 0 Å². The van der Waals surface area contributed by atoms with Crippen molar-refractivity contribution in [3.05, 3.63) is 18.3 Å². The molecule has 2 atom stereocenters. The molecule has 136 valence electrons. The Labute approximate surface area is 148 Å². The fraction of sp³-hybridized carbons (Fsp3) is 0.611. The summed E-state index contributed by atoms with van der Waals surface area (Å²) in [6.07, 6.45) is 7.48. The number of piperidine rings is 2. The Morgan fingerprint density at radius 1 is 1.20 bits per heavy atom. The molecule has 0 spiro atoms. The molecule has 7 heteroatoms. The zero-order valence-corrected chi connectivity index (χ0v) is 14.7. The molecule has 0 aliphatic carbocycles. The number of rotatable bonds is 4. The average molecular weight is 346 g/mol. The summed E-state index contributed by atoms with van der Waals surface area (Å²) in [7, 11) is 1.52. The molecule has 0 aromatic carbocycles. The highest BCUT2D eigenvalue weighted by Gasteiger charge is 2.33. The van der Waals surface area contributed by atoms with Crippen LogP contribution in [0.3, 0.4) is 0 Å². The van der Waals surface area contributed by atoms with Crippen molar-refractivity contribution in [2.24, 2.45) is 5.92 Å². The third-order valence-electron chi connectivity index (χ3n) is 5.16. The number of fused-ring (bicyclic) bond motifs is 1. The van der Waals surface area contributed by atoms with Crippen molar-refractivity contribution in [3.8, 4) is 5.88 Å². The highest BCUT2D eigenvalue weighted by atomic mass is 16.5. The molecule has 1 aromatic heterocycles. The molecule has 1 aromatic rings. The molecule has 0 radical (unpaired) electrons. The van der Waals surface area contributed by atoms with E-state index in [1.54, 1.807) is 12.1 Å². The number of carbonyl (C=O) groups is 2. The Hall–Kier alpha value is -2.15. The molecule has 0 saturated carbocycles. The number of hydrogen-bond donors (Lipinski definition) is 2. The summed E-state index contributed by atoms with van der Waals surface area (Å²) in [5.41, 5.74) is 0.470. The van der Waals surface area contributed by atoms with Crippen LogP contribution in [0.1, 0.15) is 32.1 Å². The molecule has 0 bridgehead atoms. The molecule has 3 rings (SSSR count). The molecule has 2 aliphatic rings. The maximum Gasteiger partial charge on any atom is 0.313 e. The van der Waals surface area contributed by atoms with Crippen molar-refractivity contribution in [3.63, 3.8) is 0 Å². The second-order valence-electron chi connectivity index (χ2n) is 6.75. The first-order valence-electron chi connectivity index (χ1n) is 9.00. The van der Waals surface area contributed by atoms with Gasteiger partial charge in [-0.25, -0.2) is 4.98 Å². The SMILES string of the molecule is COc1ccc(NC(=O)C(=O)NC[C@@H]2CCCN3CCCC[C@@H]23)cn1. The second kappa shape index (κ2) is 8.29. The van der Waals surface area contributed by atoms with Crippen LogP contribution < -0.4 is 15.4 Å². The van der Waals surface area contributed by atoms with E-state index < -0.39 is 11.8 Å². The summed E-state index contributed by atoms with van der Waals surface area (Å²) in [5.74, 6) is -0.364. The number of pyridine rings is 1. The number of amides is 2. The van der Waals surface area contributed by atoms with E-state index >= 15 is 0 Å². The normalized spacial score (nSPS) is 23.4. The van der Waals surface area contributed by atoms with E-state index in [9.17, 15) is 9.59 Å². The van der Waals surface area contributed by atoms with Gasteiger partial charge in [0.1, 0.15) is 0 Å². The summed E-state index contributed by atoms with van der Waals surface area (Å²) < 4.78 is 4.96. The monoisotopic (exact) mass is 346 g/mol. The minimum Gasteiger partial charge on any atom is -0.481 e. The first-order valence-corrected chi connectivity index (χ1v) is 9.00. The lowest BCUT2D eigenvalue weighted by Gasteiger charge is -2.44. The van der Waals surface area contributed by atoms with Gasteiger partial charge < -0.3 is 20.3 Å². The molecule has 25 heavy (non-hydrogen) atoms. The Morgan fingerprint density at radius 2 is 2.04 bits per heavy atom. The van der Waals surface area contributed by atoms with Crippen LogP contribution in [0.2, 0.25) is 0 Å². The quantitative estimate of drug-likeness (QED) is 0.806. The molecular weight excluding hydrogens is 320 g/mol. The summed E-state index contributed by atoms with van der Waals surface area (Å²) in [6, 6.07) is 3.84. The third-order valence-corrected chi connectivity index (χ3v) is 5.16. The van der Waals surface area contributed by atoms with E-state index in [-0.39, 0.29) is 0 Å². The molecule has 2 N–H and O–H groups in total. The van der Waals surface area contributed by atoms with E-state index in [0.717, 1.165) is 6.42 Å². The largest absolute Gasteiger partial charge is 0.481 e. The minimum atomic E-state index is -0.664. The van der Waals surface area contributed by atoms with Gasteiger partial charge in [-0.15, -0.1) is 0 Å². The predicted molar refractivity (Wildman–Crippen MR) is 94.4 cm³/mol. The first kappa shape index (κ1) is 17.7. The highest BCUT2D eigenvalue weighted by Crippen LogP contribution is 2.30. The van der Waals surface area contributed by atoms with Crippen LogP contribution in [0, 0.1) is 5.92 Å². The van der Waals surface area contributed by atoms with Crippen molar-refractivity contribution in [2.75, 3.05) is 32.1 Å². The maximum absolute atomic E-state index is 12.1. The van der Waals surface area contributed by atoms with Crippen LogP contribution in [-0.4, -0.2) is 54.5 Å². The summed E-state index contributed by atoms with van der Waals surface area (Å²) in [5, 5.41) is 5.36. The van der Waals surface area contributed by atoms with Gasteiger partial charge in [-0.05, 0) is 50.8 Å². The van der Waals surface area contributed by atoms with Crippen LogP contribution in [0.15, 0.2) is 18.3 Å². The smallest absolute Gasteiger partial charge is 0.313 e. The van der Waals surface area contributed by atoms with Crippen LogP contribution in [0.4, 0.5) is 5.69 Å². The van der Waals surface area contributed by atoms with Gasteiger partial charge in [0.25, 0.3) is 0 Å². The number of ether oxygens (including phenoxy) is 1. The Kier molecular flexibility index (Phi) is 5.86. The van der Waals surface area contributed by atoms with Crippen molar-refractivity contribution in [2.45, 2.75) is 38.1 Å². The van der Waals surface area contributed by atoms with Crippen molar-refractivity contribution >= 4 is 17.5 Å². The fourth-order valence-corrected chi connectivity index (χ4v) is 3.88. The molecule has 3 heterocycles. The summed E-state index contributed by atoms with van der Waals surface area (Å²) in [6.45, 7) is 2.90. The van der Waals surface area contributed by atoms with Crippen LogP contribution in [-0.2, 0) is 9.59 Å². The predicted octanol–water partition coefficient (Wildman–Crippen LogP) is 1.41. The number of anilines is 1. The number of carbonyl (C=O) groups excluding carboxylic acids is 2. The molecular formula is C18H26N4O3.